The Balaban J connectivity index is 2.92. The van der Waals surface area contributed by atoms with Gasteiger partial charge in [0.25, 0.3) is 5.91 Å². The third kappa shape index (κ3) is 18.9. The average molecular weight is 652 g/mol. The first-order valence-electron chi connectivity index (χ1n) is 17.9. The quantitative estimate of drug-likeness (QED) is 0.266. The number of carbonyl (C=O) groups is 3. The van der Waals surface area contributed by atoms with Gasteiger partial charge in [0.1, 0.15) is 5.78 Å². The molecule has 1 aliphatic rings. The smallest absolute Gasteiger partial charge is 0.309 e. The van der Waals surface area contributed by atoms with Crippen LogP contribution in [-0.4, -0.2) is 77.7 Å². The Hall–Kier alpha value is -2.07. The number of methoxy groups -OCH3 is 1. The highest BCUT2D eigenvalue weighted by atomic mass is 16.5. The summed E-state index contributed by atoms with van der Waals surface area (Å²) in [5.41, 5.74) is 0.975. The molecule has 46 heavy (non-hydrogen) atoms. The molecule has 0 fully saturated rings. The number of aliphatic hydroxyl groups is 3. The number of hydrogen-bond donors (Lipinski definition) is 4. The lowest BCUT2D eigenvalue weighted by Crippen LogP contribution is -2.43. The number of nitrogens with one attached hydrogen (secondary N) is 1. The number of ether oxygens (including phenoxy) is 2. The highest BCUT2D eigenvalue weighted by molar-refractivity contribution is 5.84. The molecule has 0 saturated heterocycles. The summed E-state index contributed by atoms with van der Waals surface area (Å²) in [5, 5.41) is 34.3. The maximum atomic E-state index is 12.9. The van der Waals surface area contributed by atoms with Crippen LogP contribution in [0.5, 0.6) is 0 Å². The van der Waals surface area contributed by atoms with Gasteiger partial charge in [-0.15, -0.1) is 0 Å². The van der Waals surface area contributed by atoms with E-state index in [1.54, 1.807) is 7.11 Å². The number of allylic oxidation sites excluding steroid dienone is 3. The molecular formula is C37H65NO8. The maximum absolute atomic E-state index is 12.9. The molecule has 0 aliphatic carbocycles. The number of ketones is 1. The molecule has 0 spiro atoms. The van der Waals surface area contributed by atoms with E-state index >= 15 is 0 Å². The van der Waals surface area contributed by atoms with E-state index in [0.717, 1.165) is 56.9 Å². The van der Waals surface area contributed by atoms with E-state index in [4.69, 9.17) is 9.47 Å². The van der Waals surface area contributed by atoms with Crippen LogP contribution in [0.4, 0.5) is 0 Å². The Morgan fingerprint density at radius 1 is 0.891 bits per heavy atom. The zero-order valence-electron chi connectivity index (χ0n) is 29.4. The second kappa shape index (κ2) is 25.0. The Kier molecular flexibility index (Phi) is 22.8. The Labute approximate surface area is 278 Å². The second-order valence-corrected chi connectivity index (χ2v) is 13.5. The first-order valence-corrected chi connectivity index (χ1v) is 17.9. The first-order chi connectivity index (χ1) is 22.0. The lowest BCUT2D eigenvalue weighted by atomic mass is 9.92. The van der Waals surface area contributed by atoms with Gasteiger partial charge in [-0.25, -0.2) is 0 Å². The number of carbonyl (C=O) groups excluding carboxylic acids is 3. The molecule has 0 radical (unpaired) electrons. The zero-order chi connectivity index (χ0) is 34.3. The maximum Gasteiger partial charge on any atom is 0.309 e. The van der Waals surface area contributed by atoms with Crippen LogP contribution in [0.2, 0.25) is 0 Å². The molecule has 0 saturated carbocycles. The predicted molar refractivity (Wildman–Crippen MR) is 182 cm³/mol. The van der Waals surface area contributed by atoms with Crippen molar-refractivity contribution >= 4 is 17.7 Å². The van der Waals surface area contributed by atoms with Crippen LogP contribution in [0.25, 0.3) is 0 Å². The highest BCUT2D eigenvalue weighted by Crippen LogP contribution is 2.22. The standard InChI is InChI=1S/C37H65NO8/c1-6-14-35-36(43)38-25-32(40)24-34(42)33(41)22-21-30(26-45-5)18-12-16-29(7-2)17-13-20-31(39)19-11-9-8-10-15-27(3)23-28(4)37(44)46-35/h12,16,18,27-29,32-35,40-42H,6-11,13-15,17,19-26H2,1-5H3,(H,38,43). The molecular weight excluding hydrogens is 586 g/mol. The van der Waals surface area contributed by atoms with Crippen LogP contribution in [0.1, 0.15) is 130 Å². The molecule has 0 aromatic carbocycles. The van der Waals surface area contributed by atoms with Gasteiger partial charge in [-0.1, -0.05) is 78.0 Å². The van der Waals surface area contributed by atoms with E-state index in [1.807, 2.05) is 26.0 Å². The van der Waals surface area contributed by atoms with Crippen molar-refractivity contribution in [2.24, 2.45) is 17.8 Å². The zero-order valence-corrected chi connectivity index (χ0v) is 29.4. The summed E-state index contributed by atoms with van der Waals surface area (Å²) in [5.74, 6) is -0.168. The van der Waals surface area contributed by atoms with Crippen molar-refractivity contribution in [3.8, 4) is 0 Å². The van der Waals surface area contributed by atoms with E-state index in [9.17, 15) is 29.7 Å². The minimum atomic E-state index is -1.18. The van der Waals surface area contributed by atoms with Crippen LogP contribution >= 0.6 is 0 Å². The highest BCUT2D eigenvalue weighted by Gasteiger charge is 2.27. The van der Waals surface area contributed by atoms with Crippen molar-refractivity contribution in [3.63, 3.8) is 0 Å². The fraction of sp³-hybridized carbons (Fsp3) is 0.811. The largest absolute Gasteiger partial charge is 0.452 e. The second-order valence-electron chi connectivity index (χ2n) is 13.5. The average Bonchev–Trinajstić information content (AvgIpc) is 3.02. The van der Waals surface area contributed by atoms with Gasteiger partial charge in [-0.3, -0.25) is 14.4 Å². The van der Waals surface area contributed by atoms with Crippen molar-refractivity contribution in [1.82, 2.24) is 5.32 Å². The van der Waals surface area contributed by atoms with Gasteiger partial charge >= 0.3 is 5.97 Å². The van der Waals surface area contributed by atoms with Crippen molar-refractivity contribution < 1.29 is 39.2 Å². The fourth-order valence-corrected chi connectivity index (χ4v) is 5.99. The van der Waals surface area contributed by atoms with Crippen LogP contribution < -0.4 is 5.32 Å². The normalized spacial score (nSPS) is 30.6. The van der Waals surface area contributed by atoms with E-state index in [2.05, 4.69) is 25.2 Å². The molecule has 1 aliphatic heterocycles. The van der Waals surface area contributed by atoms with Gasteiger partial charge in [0, 0.05) is 32.9 Å². The number of hydrogen-bond acceptors (Lipinski definition) is 8. The number of esters is 1. The molecule has 7 atom stereocenters. The van der Waals surface area contributed by atoms with Crippen molar-refractivity contribution in [3.05, 3.63) is 23.8 Å². The Morgan fingerprint density at radius 3 is 2.30 bits per heavy atom. The third-order valence-corrected chi connectivity index (χ3v) is 8.99. The molecule has 266 valence electrons. The van der Waals surface area contributed by atoms with Gasteiger partial charge in [0.15, 0.2) is 6.10 Å². The number of cyclic esters (lactones) is 1. The lowest BCUT2D eigenvalue weighted by Gasteiger charge is -2.23. The van der Waals surface area contributed by atoms with Crippen molar-refractivity contribution in [2.45, 2.75) is 155 Å². The molecule has 0 bridgehead atoms. The number of β-amino-alcohol motifs (C(OH)–C–C–N with tert-alkyl or cyclic N) is 1. The van der Waals surface area contributed by atoms with E-state index in [0.29, 0.717) is 62.8 Å². The number of rotatable bonds is 5. The van der Waals surface area contributed by atoms with Crippen molar-refractivity contribution in [2.75, 3.05) is 20.3 Å². The SMILES string of the molecule is CCCC1OC(=O)C(C)CC(C)CCCCCCC(=O)CCCC(CC)C=CC=C(COC)CCC(O)C(O)CC(O)CNC1=O. The van der Waals surface area contributed by atoms with Crippen LogP contribution in [-0.2, 0) is 23.9 Å². The van der Waals surface area contributed by atoms with Crippen LogP contribution in [0.15, 0.2) is 23.8 Å². The van der Waals surface area contributed by atoms with E-state index < -0.39 is 36.3 Å². The molecule has 9 nitrogen and oxygen atoms in total. The van der Waals surface area contributed by atoms with Crippen molar-refractivity contribution in [1.29, 1.82) is 0 Å². The molecule has 0 aromatic heterocycles. The fourth-order valence-electron chi connectivity index (χ4n) is 5.99. The minimum Gasteiger partial charge on any atom is -0.452 e. The third-order valence-electron chi connectivity index (χ3n) is 8.99. The van der Waals surface area contributed by atoms with Crippen LogP contribution in [0.3, 0.4) is 0 Å². The topological polar surface area (TPSA) is 142 Å². The number of aliphatic hydroxyl groups excluding tert-OH is 3. The summed E-state index contributed by atoms with van der Waals surface area (Å²) in [6.07, 6.45) is 13.4. The Bertz CT molecular complexity index is 919. The Morgan fingerprint density at radius 2 is 1.61 bits per heavy atom. The van der Waals surface area contributed by atoms with E-state index in [1.165, 1.54) is 0 Å². The molecule has 0 aromatic rings. The number of Topliss-reactive ketones (excluding diaryl/α,β-unsaturated/α-hetero) is 1. The minimum absolute atomic E-state index is 0.113. The molecule has 1 heterocycles. The summed E-state index contributed by atoms with van der Waals surface area (Å²) in [6, 6.07) is 0. The molecule has 4 N–H and O–H groups in total. The lowest BCUT2D eigenvalue weighted by molar-refractivity contribution is -0.160. The summed E-state index contributed by atoms with van der Waals surface area (Å²) in [4.78, 5) is 38.2. The monoisotopic (exact) mass is 651 g/mol. The molecule has 1 amide bonds. The summed E-state index contributed by atoms with van der Waals surface area (Å²) in [6.45, 7) is 8.29. The molecule has 1 rings (SSSR count). The van der Waals surface area contributed by atoms with Gasteiger partial charge in [0.05, 0.1) is 30.8 Å². The summed E-state index contributed by atoms with van der Waals surface area (Å²) < 4.78 is 10.9. The molecule has 9 heteroatoms. The number of amides is 1. The molecule has 7 unspecified atom stereocenters. The predicted octanol–water partition coefficient (Wildman–Crippen LogP) is 5.98. The summed E-state index contributed by atoms with van der Waals surface area (Å²) >= 11 is 0. The first kappa shape index (κ1) is 42.0. The van der Waals surface area contributed by atoms with Gasteiger partial charge < -0.3 is 30.1 Å². The van der Waals surface area contributed by atoms with Crippen LogP contribution in [0, 0.1) is 17.8 Å². The van der Waals surface area contributed by atoms with Gasteiger partial charge in [0.2, 0.25) is 0 Å². The van der Waals surface area contributed by atoms with Gasteiger partial charge in [-0.2, -0.15) is 0 Å². The van der Waals surface area contributed by atoms with E-state index in [-0.39, 0.29) is 25.3 Å². The summed E-state index contributed by atoms with van der Waals surface area (Å²) in [7, 11) is 1.61. The van der Waals surface area contributed by atoms with Gasteiger partial charge in [-0.05, 0) is 68.8 Å².